The third-order valence-electron chi connectivity index (χ3n) is 2.09. The maximum Gasteiger partial charge on any atom is 0.123 e. The summed E-state index contributed by atoms with van der Waals surface area (Å²) in [6.07, 6.45) is 0. The maximum atomic E-state index is 6.00. The third-order valence-corrected chi connectivity index (χ3v) is 2.59. The Balaban J connectivity index is 2.85. The summed E-state index contributed by atoms with van der Waals surface area (Å²) in [6.45, 7) is 3.12. The average molecular weight is 274 g/mol. The highest BCUT2D eigenvalue weighted by molar-refractivity contribution is 9.10. The van der Waals surface area contributed by atoms with E-state index in [4.69, 9.17) is 15.2 Å². The Morgan fingerprint density at radius 3 is 2.80 bits per heavy atom. The van der Waals surface area contributed by atoms with E-state index >= 15 is 0 Å². The molecule has 0 amide bonds. The molecule has 0 fully saturated rings. The van der Waals surface area contributed by atoms with Gasteiger partial charge in [0.1, 0.15) is 5.75 Å². The third kappa shape index (κ3) is 3.48. The molecule has 2 N–H and O–H groups in total. The quantitative estimate of drug-likeness (QED) is 0.897. The van der Waals surface area contributed by atoms with Gasteiger partial charge in [-0.25, -0.2) is 0 Å². The maximum absolute atomic E-state index is 6.00. The molecule has 0 aliphatic carbocycles. The molecule has 1 atom stereocenters. The van der Waals surface area contributed by atoms with E-state index in [-0.39, 0.29) is 6.04 Å². The van der Waals surface area contributed by atoms with Gasteiger partial charge in [-0.3, -0.25) is 0 Å². The average Bonchev–Trinajstić information content (AvgIpc) is 2.25. The van der Waals surface area contributed by atoms with Gasteiger partial charge in [0.15, 0.2) is 0 Å². The lowest BCUT2D eigenvalue weighted by Crippen LogP contribution is -2.18. The lowest BCUT2D eigenvalue weighted by Gasteiger charge is -2.15. The Bertz CT molecular complexity index is 317. The van der Waals surface area contributed by atoms with Crippen molar-refractivity contribution in [3.05, 3.63) is 28.2 Å². The highest BCUT2D eigenvalue weighted by atomic mass is 79.9. The number of ether oxygens (including phenoxy) is 2. The first-order chi connectivity index (χ1) is 7.19. The van der Waals surface area contributed by atoms with Gasteiger partial charge in [0, 0.05) is 16.6 Å². The summed E-state index contributed by atoms with van der Waals surface area (Å²) in [5.74, 6) is 0.797. The van der Waals surface area contributed by atoms with Crippen LogP contribution in [0.4, 0.5) is 0 Å². The van der Waals surface area contributed by atoms with Crippen LogP contribution in [0.3, 0.4) is 0 Å². The van der Waals surface area contributed by atoms with Crippen LogP contribution in [-0.2, 0) is 4.74 Å². The first kappa shape index (κ1) is 12.5. The zero-order valence-corrected chi connectivity index (χ0v) is 10.6. The highest BCUT2D eigenvalue weighted by Crippen LogP contribution is 2.27. The van der Waals surface area contributed by atoms with Crippen molar-refractivity contribution in [1.29, 1.82) is 0 Å². The van der Waals surface area contributed by atoms with Gasteiger partial charge < -0.3 is 15.2 Å². The number of hydrogen-bond acceptors (Lipinski definition) is 3. The molecule has 1 unspecified atom stereocenters. The van der Waals surface area contributed by atoms with Crippen LogP contribution >= 0.6 is 15.9 Å². The van der Waals surface area contributed by atoms with E-state index in [0.29, 0.717) is 13.2 Å². The number of methoxy groups -OCH3 is 1. The molecular weight excluding hydrogens is 258 g/mol. The summed E-state index contributed by atoms with van der Waals surface area (Å²) in [5.41, 5.74) is 6.96. The Kier molecular flexibility index (Phi) is 5.08. The molecule has 0 bridgehead atoms. The lowest BCUT2D eigenvalue weighted by molar-refractivity contribution is 0.132. The van der Waals surface area contributed by atoms with Gasteiger partial charge in [-0.1, -0.05) is 15.9 Å². The van der Waals surface area contributed by atoms with Crippen LogP contribution < -0.4 is 10.5 Å². The Hall–Kier alpha value is -0.580. The van der Waals surface area contributed by atoms with Crippen LogP contribution in [0.15, 0.2) is 22.7 Å². The van der Waals surface area contributed by atoms with Crippen molar-refractivity contribution < 1.29 is 9.47 Å². The molecular formula is C11H16BrNO2. The normalized spacial score (nSPS) is 12.5. The SMILES string of the molecule is CCOCC(N)c1cc(Br)ccc1OC. The molecule has 84 valence electrons. The van der Waals surface area contributed by atoms with E-state index in [1.165, 1.54) is 0 Å². The molecule has 1 aromatic rings. The molecule has 0 aromatic heterocycles. The van der Waals surface area contributed by atoms with Crippen molar-refractivity contribution in [3.63, 3.8) is 0 Å². The van der Waals surface area contributed by atoms with Gasteiger partial charge >= 0.3 is 0 Å². The van der Waals surface area contributed by atoms with Crippen LogP contribution in [-0.4, -0.2) is 20.3 Å². The lowest BCUT2D eigenvalue weighted by atomic mass is 10.1. The minimum absolute atomic E-state index is 0.155. The van der Waals surface area contributed by atoms with Gasteiger partial charge in [-0.2, -0.15) is 0 Å². The molecule has 0 aliphatic rings. The van der Waals surface area contributed by atoms with E-state index in [0.717, 1.165) is 15.8 Å². The molecule has 0 saturated carbocycles. The van der Waals surface area contributed by atoms with Gasteiger partial charge in [-0.15, -0.1) is 0 Å². The standard InChI is InChI=1S/C11H16BrNO2/c1-3-15-7-10(13)9-6-8(12)4-5-11(9)14-2/h4-6,10H,3,7,13H2,1-2H3. The Labute approximate surface area is 98.7 Å². The fourth-order valence-corrected chi connectivity index (χ4v) is 1.71. The predicted octanol–water partition coefficient (Wildman–Crippen LogP) is 2.49. The van der Waals surface area contributed by atoms with Crippen LogP contribution in [0, 0.1) is 0 Å². The van der Waals surface area contributed by atoms with Crippen molar-refractivity contribution in [2.75, 3.05) is 20.3 Å². The van der Waals surface area contributed by atoms with E-state index in [1.807, 2.05) is 25.1 Å². The predicted molar refractivity (Wildman–Crippen MR) is 64.1 cm³/mol. The van der Waals surface area contributed by atoms with Gasteiger partial charge in [-0.05, 0) is 25.1 Å². The first-order valence-corrected chi connectivity index (χ1v) is 5.65. The first-order valence-electron chi connectivity index (χ1n) is 4.85. The van der Waals surface area contributed by atoms with E-state index in [2.05, 4.69) is 15.9 Å². The van der Waals surface area contributed by atoms with E-state index in [9.17, 15) is 0 Å². The number of benzene rings is 1. The van der Waals surface area contributed by atoms with Crippen molar-refractivity contribution in [1.82, 2.24) is 0 Å². The number of hydrogen-bond donors (Lipinski definition) is 1. The summed E-state index contributed by atoms with van der Waals surface area (Å²) in [7, 11) is 1.64. The fraction of sp³-hybridized carbons (Fsp3) is 0.455. The van der Waals surface area contributed by atoms with Crippen molar-refractivity contribution >= 4 is 15.9 Å². The van der Waals surface area contributed by atoms with Crippen molar-refractivity contribution in [3.8, 4) is 5.75 Å². The summed E-state index contributed by atoms with van der Waals surface area (Å²) < 4.78 is 11.5. The number of halogens is 1. The molecule has 0 spiro atoms. The second kappa shape index (κ2) is 6.10. The summed E-state index contributed by atoms with van der Waals surface area (Å²) in [4.78, 5) is 0. The molecule has 0 radical (unpaired) electrons. The van der Waals surface area contributed by atoms with E-state index in [1.54, 1.807) is 7.11 Å². The highest BCUT2D eigenvalue weighted by Gasteiger charge is 2.12. The molecule has 0 heterocycles. The Morgan fingerprint density at radius 1 is 1.47 bits per heavy atom. The van der Waals surface area contributed by atoms with Gasteiger partial charge in [0.25, 0.3) is 0 Å². The molecule has 0 aliphatic heterocycles. The number of nitrogens with two attached hydrogens (primary N) is 1. The van der Waals surface area contributed by atoms with E-state index < -0.39 is 0 Å². The molecule has 1 aromatic carbocycles. The Morgan fingerprint density at radius 2 is 2.20 bits per heavy atom. The second-order valence-electron chi connectivity index (χ2n) is 3.15. The summed E-state index contributed by atoms with van der Waals surface area (Å²) in [5, 5.41) is 0. The van der Waals surface area contributed by atoms with Crippen LogP contribution in [0.2, 0.25) is 0 Å². The summed E-state index contributed by atoms with van der Waals surface area (Å²) >= 11 is 3.41. The van der Waals surface area contributed by atoms with Gasteiger partial charge in [0.2, 0.25) is 0 Å². The summed E-state index contributed by atoms with van der Waals surface area (Å²) in [6, 6.07) is 5.63. The van der Waals surface area contributed by atoms with Crippen LogP contribution in [0.25, 0.3) is 0 Å². The molecule has 1 rings (SSSR count). The van der Waals surface area contributed by atoms with Crippen LogP contribution in [0.1, 0.15) is 18.5 Å². The van der Waals surface area contributed by atoms with Gasteiger partial charge in [0.05, 0.1) is 19.8 Å². The topological polar surface area (TPSA) is 44.5 Å². The largest absolute Gasteiger partial charge is 0.496 e. The zero-order valence-electron chi connectivity index (χ0n) is 9.00. The second-order valence-corrected chi connectivity index (χ2v) is 4.07. The minimum Gasteiger partial charge on any atom is -0.496 e. The minimum atomic E-state index is -0.155. The van der Waals surface area contributed by atoms with Crippen molar-refractivity contribution in [2.45, 2.75) is 13.0 Å². The zero-order chi connectivity index (χ0) is 11.3. The number of rotatable bonds is 5. The molecule has 4 heteroatoms. The van der Waals surface area contributed by atoms with Crippen LogP contribution in [0.5, 0.6) is 5.75 Å². The smallest absolute Gasteiger partial charge is 0.123 e. The molecule has 0 saturated heterocycles. The fourth-order valence-electron chi connectivity index (χ4n) is 1.33. The molecule has 3 nitrogen and oxygen atoms in total. The monoisotopic (exact) mass is 273 g/mol. The van der Waals surface area contributed by atoms with Crippen molar-refractivity contribution in [2.24, 2.45) is 5.73 Å². The molecule has 15 heavy (non-hydrogen) atoms.